The van der Waals surface area contributed by atoms with E-state index in [0.29, 0.717) is 17.3 Å². The molecule has 0 aliphatic heterocycles. The molecule has 2 aromatic heterocycles. The first-order chi connectivity index (χ1) is 13.3. The molecule has 0 aliphatic rings. The number of alkyl halides is 4. The summed E-state index contributed by atoms with van der Waals surface area (Å²) in [5.41, 5.74) is 0.0377. The van der Waals surface area contributed by atoms with Crippen LogP contribution in [0.5, 0.6) is 0 Å². The summed E-state index contributed by atoms with van der Waals surface area (Å²) in [6, 6.07) is 11.6. The van der Waals surface area contributed by atoms with Crippen LogP contribution in [0.3, 0.4) is 0 Å². The molecule has 0 bridgehead atoms. The number of hydrogen-bond donors (Lipinski definition) is 1. The molecule has 3 rings (SSSR count). The molecule has 1 N–H and O–H groups in total. The molecule has 1 unspecified atom stereocenters. The molecule has 4 nitrogen and oxygen atoms in total. The van der Waals surface area contributed by atoms with Crippen molar-refractivity contribution in [2.24, 2.45) is 0 Å². The zero-order valence-electron chi connectivity index (χ0n) is 14.5. The van der Waals surface area contributed by atoms with Gasteiger partial charge in [-0.2, -0.15) is 13.2 Å². The maximum Gasteiger partial charge on any atom is 0.434 e. The van der Waals surface area contributed by atoms with Gasteiger partial charge in [0.25, 0.3) is 5.91 Å². The van der Waals surface area contributed by atoms with E-state index in [0.717, 1.165) is 16.2 Å². The van der Waals surface area contributed by atoms with Gasteiger partial charge in [-0.3, -0.25) is 9.20 Å². The third-order valence-electron chi connectivity index (χ3n) is 4.32. The van der Waals surface area contributed by atoms with Crippen molar-refractivity contribution in [2.45, 2.75) is 18.5 Å². The van der Waals surface area contributed by atoms with Crippen molar-refractivity contribution >= 4 is 34.8 Å². The van der Waals surface area contributed by atoms with E-state index < -0.39 is 17.8 Å². The van der Waals surface area contributed by atoms with Gasteiger partial charge in [0, 0.05) is 29.6 Å². The van der Waals surface area contributed by atoms with Gasteiger partial charge >= 0.3 is 6.18 Å². The average molecular weight is 430 g/mol. The van der Waals surface area contributed by atoms with Gasteiger partial charge < -0.3 is 5.32 Å². The molecular weight excluding hydrogens is 414 g/mol. The van der Waals surface area contributed by atoms with E-state index >= 15 is 0 Å². The van der Waals surface area contributed by atoms with Crippen LogP contribution in [0.4, 0.5) is 13.2 Å². The average Bonchev–Trinajstić information content (AvgIpc) is 3.10. The lowest BCUT2D eigenvalue weighted by atomic mass is 9.96. The van der Waals surface area contributed by atoms with Crippen LogP contribution in [0.1, 0.15) is 34.1 Å². The fourth-order valence-corrected chi connectivity index (χ4v) is 3.28. The molecule has 9 heteroatoms. The number of aromatic nitrogens is 2. The number of rotatable bonds is 6. The minimum atomic E-state index is -4.58. The van der Waals surface area contributed by atoms with Crippen molar-refractivity contribution in [1.29, 1.82) is 0 Å². The van der Waals surface area contributed by atoms with Gasteiger partial charge in [-0.1, -0.05) is 29.8 Å². The Hall–Kier alpha value is -2.25. The Labute approximate surface area is 169 Å². The summed E-state index contributed by atoms with van der Waals surface area (Å²) in [5, 5.41) is 3.38. The highest BCUT2D eigenvalue weighted by molar-refractivity contribution is 6.30. The van der Waals surface area contributed by atoms with E-state index in [9.17, 15) is 18.0 Å². The lowest BCUT2D eigenvalue weighted by molar-refractivity contribution is -0.140. The molecule has 3 aromatic rings. The maximum absolute atomic E-state index is 12.9. The van der Waals surface area contributed by atoms with Crippen molar-refractivity contribution in [2.75, 3.05) is 12.4 Å². The molecule has 0 spiro atoms. The number of fused-ring (bicyclic) bond motifs is 1. The van der Waals surface area contributed by atoms with Crippen LogP contribution in [-0.2, 0) is 6.18 Å². The summed E-state index contributed by atoms with van der Waals surface area (Å²) in [6.07, 6.45) is -3.14. The lowest BCUT2D eigenvalue weighted by Gasteiger charge is -2.17. The second kappa shape index (κ2) is 8.41. The largest absolute Gasteiger partial charge is 0.434 e. The number of benzene rings is 1. The highest BCUT2D eigenvalue weighted by Gasteiger charge is 2.34. The monoisotopic (exact) mass is 429 g/mol. The second-order valence-corrected chi connectivity index (χ2v) is 7.01. The molecule has 1 amide bonds. The fraction of sp³-hybridized carbons (Fsp3) is 0.263. The van der Waals surface area contributed by atoms with E-state index in [2.05, 4.69) is 10.3 Å². The van der Waals surface area contributed by atoms with Gasteiger partial charge in [0.05, 0.1) is 0 Å². The minimum absolute atomic E-state index is 0.0496. The van der Waals surface area contributed by atoms with Crippen molar-refractivity contribution in [3.63, 3.8) is 0 Å². The van der Waals surface area contributed by atoms with Crippen LogP contribution >= 0.6 is 23.2 Å². The van der Waals surface area contributed by atoms with E-state index in [4.69, 9.17) is 23.2 Å². The number of amides is 1. The Morgan fingerprint density at radius 1 is 1.18 bits per heavy atom. The minimum Gasteiger partial charge on any atom is -0.350 e. The van der Waals surface area contributed by atoms with E-state index in [-0.39, 0.29) is 23.8 Å². The van der Waals surface area contributed by atoms with Crippen molar-refractivity contribution < 1.29 is 18.0 Å². The Morgan fingerprint density at radius 2 is 1.89 bits per heavy atom. The van der Waals surface area contributed by atoms with Gasteiger partial charge in [-0.25, -0.2) is 4.98 Å². The number of carbonyl (C=O) groups excluding carboxylic acids is 1. The third kappa shape index (κ3) is 4.59. The molecular formula is C19H16Cl2F3N3O. The van der Waals surface area contributed by atoms with E-state index in [1.54, 1.807) is 12.1 Å². The molecule has 1 atom stereocenters. The van der Waals surface area contributed by atoms with Gasteiger partial charge in [0.15, 0.2) is 5.69 Å². The number of hydrogen-bond acceptors (Lipinski definition) is 2. The SMILES string of the molecule is O=C(NCC(CCCl)c1ccc(Cl)cc1)c1cccc2nc(C(F)(F)F)cn12. The Kier molecular flexibility index (Phi) is 6.15. The van der Waals surface area contributed by atoms with Gasteiger partial charge in [0.1, 0.15) is 11.3 Å². The van der Waals surface area contributed by atoms with Gasteiger partial charge in [-0.05, 0) is 36.2 Å². The van der Waals surface area contributed by atoms with Crippen molar-refractivity contribution in [3.8, 4) is 0 Å². The predicted octanol–water partition coefficient (Wildman–Crippen LogP) is 5.15. The molecule has 0 saturated carbocycles. The van der Waals surface area contributed by atoms with Gasteiger partial charge in [-0.15, -0.1) is 11.6 Å². The van der Waals surface area contributed by atoms with Crippen LogP contribution in [0, 0.1) is 0 Å². The Morgan fingerprint density at radius 3 is 2.54 bits per heavy atom. The van der Waals surface area contributed by atoms with Gasteiger partial charge in [0.2, 0.25) is 0 Å². The van der Waals surface area contributed by atoms with E-state index in [1.165, 1.54) is 18.2 Å². The van der Waals surface area contributed by atoms with Crippen LogP contribution in [-0.4, -0.2) is 27.7 Å². The molecule has 1 aromatic carbocycles. The third-order valence-corrected chi connectivity index (χ3v) is 4.79. The normalized spacial score (nSPS) is 12.9. The smallest absolute Gasteiger partial charge is 0.350 e. The summed E-state index contributed by atoms with van der Waals surface area (Å²) in [4.78, 5) is 16.2. The number of nitrogens with zero attached hydrogens (tertiary/aromatic N) is 2. The second-order valence-electron chi connectivity index (χ2n) is 6.20. The first-order valence-corrected chi connectivity index (χ1v) is 9.36. The quantitative estimate of drug-likeness (QED) is 0.550. The maximum atomic E-state index is 12.9. The van der Waals surface area contributed by atoms with Crippen molar-refractivity contribution in [3.05, 3.63) is 70.6 Å². The number of halogens is 5. The summed E-state index contributed by atoms with van der Waals surface area (Å²) < 4.78 is 39.9. The molecule has 2 heterocycles. The number of nitrogens with one attached hydrogen (secondary N) is 1. The summed E-state index contributed by atoms with van der Waals surface area (Å²) >= 11 is 11.8. The standard InChI is InChI=1S/C19H16Cl2F3N3O/c20-9-8-13(12-4-6-14(21)7-5-12)10-25-18(28)15-2-1-3-17-26-16(11-27(15)17)19(22,23)24/h1-7,11,13H,8-10H2,(H,25,28). The summed E-state index contributed by atoms with van der Waals surface area (Å²) in [7, 11) is 0. The van der Waals surface area contributed by atoms with Crippen LogP contribution in [0.2, 0.25) is 5.02 Å². The number of carbonyl (C=O) groups is 1. The number of imidazole rings is 1. The van der Waals surface area contributed by atoms with Crippen LogP contribution in [0.15, 0.2) is 48.7 Å². The zero-order valence-corrected chi connectivity index (χ0v) is 16.0. The Bertz CT molecular complexity index is 971. The first-order valence-electron chi connectivity index (χ1n) is 8.44. The summed E-state index contributed by atoms with van der Waals surface area (Å²) in [5.74, 6) is -0.147. The molecule has 0 radical (unpaired) electrons. The number of pyridine rings is 1. The predicted molar refractivity (Wildman–Crippen MR) is 102 cm³/mol. The lowest BCUT2D eigenvalue weighted by Crippen LogP contribution is -2.30. The molecule has 28 heavy (non-hydrogen) atoms. The Balaban J connectivity index is 1.80. The zero-order chi connectivity index (χ0) is 20.3. The topological polar surface area (TPSA) is 46.4 Å². The summed E-state index contributed by atoms with van der Waals surface area (Å²) in [6.45, 7) is 0.282. The molecule has 148 valence electrons. The van der Waals surface area contributed by atoms with Crippen LogP contribution in [0.25, 0.3) is 5.65 Å². The first kappa shape index (κ1) is 20.5. The molecule has 0 saturated heterocycles. The molecule has 0 fully saturated rings. The highest BCUT2D eigenvalue weighted by atomic mass is 35.5. The highest BCUT2D eigenvalue weighted by Crippen LogP contribution is 2.29. The van der Waals surface area contributed by atoms with Crippen LogP contribution < -0.4 is 5.32 Å². The van der Waals surface area contributed by atoms with Crippen molar-refractivity contribution in [1.82, 2.24) is 14.7 Å². The molecule has 0 aliphatic carbocycles. The fourth-order valence-electron chi connectivity index (χ4n) is 2.89. The van der Waals surface area contributed by atoms with E-state index in [1.807, 2.05) is 12.1 Å².